The molecule has 0 aliphatic carbocycles. The van der Waals surface area contributed by atoms with Crippen molar-refractivity contribution in [2.24, 2.45) is 0 Å². The van der Waals surface area contributed by atoms with Gasteiger partial charge in [-0.3, -0.25) is 4.79 Å². The first-order valence-electron chi connectivity index (χ1n) is 5.52. The Labute approximate surface area is 98.2 Å². The second-order valence-electron chi connectivity index (χ2n) is 4.19. The van der Waals surface area contributed by atoms with Crippen molar-refractivity contribution in [2.75, 3.05) is 6.54 Å². The van der Waals surface area contributed by atoms with Crippen molar-refractivity contribution >= 4 is 11.9 Å². The summed E-state index contributed by atoms with van der Waals surface area (Å²) in [6.45, 7) is 2.27. The normalized spacial score (nSPS) is 19.6. The summed E-state index contributed by atoms with van der Waals surface area (Å²) >= 11 is 0. The summed E-state index contributed by atoms with van der Waals surface area (Å²) in [5.41, 5.74) is 0.712. The summed E-state index contributed by atoms with van der Waals surface area (Å²) in [5, 5.41) is 12.7. The maximum Gasteiger partial charge on any atom is 0.326 e. The maximum atomic E-state index is 11.9. The molecule has 1 aliphatic heterocycles. The van der Waals surface area contributed by atoms with Crippen LogP contribution < -0.4 is 0 Å². The average Bonchev–Trinajstić information content (AvgIpc) is 2.86. The highest BCUT2D eigenvalue weighted by atomic mass is 16.5. The molecule has 1 amide bonds. The Kier molecular flexibility index (Phi) is 3.12. The molecule has 92 valence electrons. The molecular weight excluding hydrogens is 224 g/mol. The van der Waals surface area contributed by atoms with Gasteiger partial charge in [-0.05, 0) is 19.8 Å². The summed E-state index contributed by atoms with van der Waals surface area (Å²) in [6.07, 6.45) is 1.33. The molecule has 17 heavy (non-hydrogen) atoms. The van der Waals surface area contributed by atoms with Crippen molar-refractivity contribution in [1.29, 1.82) is 0 Å². The number of hydrogen-bond donors (Lipinski definition) is 1. The number of aromatic nitrogens is 1. The van der Waals surface area contributed by atoms with Crippen molar-refractivity contribution in [3.63, 3.8) is 0 Å². The lowest BCUT2D eigenvalue weighted by Gasteiger charge is -2.20. The van der Waals surface area contributed by atoms with Gasteiger partial charge in [-0.1, -0.05) is 5.16 Å². The van der Waals surface area contributed by atoms with Crippen LogP contribution in [-0.2, 0) is 16.0 Å². The van der Waals surface area contributed by atoms with E-state index < -0.39 is 12.0 Å². The Morgan fingerprint density at radius 2 is 2.41 bits per heavy atom. The van der Waals surface area contributed by atoms with E-state index in [1.165, 1.54) is 4.90 Å². The van der Waals surface area contributed by atoms with E-state index in [4.69, 9.17) is 9.63 Å². The van der Waals surface area contributed by atoms with Crippen molar-refractivity contribution < 1.29 is 19.2 Å². The number of carbonyl (C=O) groups excluding carboxylic acids is 1. The third-order valence-electron chi connectivity index (χ3n) is 2.86. The van der Waals surface area contributed by atoms with Gasteiger partial charge in [-0.15, -0.1) is 0 Å². The highest BCUT2D eigenvalue weighted by molar-refractivity contribution is 5.85. The number of hydrogen-bond acceptors (Lipinski definition) is 4. The maximum absolute atomic E-state index is 11.9. The fourth-order valence-corrected chi connectivity index (χ4v) is 2.07. The lowest BCUT2D eigenvalue weighted by molar-refractivity contribution is -0.148. The fraction of sp³-hybridized carbons (Fsp3) is 0.545. The predicted molar refractivity (Wildman–Crippen MR) is 57.3 cm³/mol. The van der Waals surface area contributed by atoms with Crippen LogP contribution in [-0.4, -0.2) is 39.6 Å². The van der Waals surface area contributed by atoms with Crippen LogP contribution in [0.2, 0.25) is 0 Å². The smallest absolute Gasteiger partial charge is 0.326 e. The zero-order valence-corrected chi connectivity index (χ0v) is 9.55. The van der Waals surface area contributed by atoms with Gasteiger partial charge >= 0.3 is 5.97 Å². The number of likely N-dealkylation sites (tertiary alicyclic amines) is 1. The monoisotopic (exact) mass is 238 g/mol. The molecular formula is C11H14N2O4. The quantitative estimate of drug-likeness (QED) is 0.833. The van der Waals surface area contributed by atoms with E-state index in [2.05, 4.69) is 5.16 Å². The first kappa shape index (κ1) is 11.6. The van der Waals surface area contributed by atoms with Crippen LogP contribution >= 0.6 is 0 Å². The van der Waals surface area contributed by atoms with Gasteiger partial charge in [0, 0.05) is 12.6 Å². The molecule has 1 aliphatic rings. The number of carboxylic acid groups (broad SMARTS) is 1. The number of rotatable bonds is 3. The number of aryl methyl sites for hydroxylation is 1. The number of carbonyl (C=O) groups is 2. The summed E-state index contributed by atoms with van der Waals surface area (Å²) in [6, 6.07) is 0.996. The first-order chi connectivity index (χ1) is 8.08. The minimum Gasteiger partial charge on any atom is -0.480 e. The van der Waals surface area contributed by atoms with Crippen LogP contribution in [0.4, 0.5) is 0 Å². The second-order valence-corrected chi connectivity index (χ2v) is 4.19. The van der Waals surface area contributed by atoms with Gasteiger partial charge in [0.2, 0.25) is 5.91 Å². The van der Waals surface area contributed by atoms with Crippen LogP contribution in [0, 0.1) is 6.92 Å². The third kappa shape index (κ3) is 2.46. The van der Waals surface area contributed by atoms with E-state index in [9.17, 15) is 9.59 Å². The van der Waals surface area contributed by atoms with E-state index in [0.29, 0.717) is 24.4 Å². The molecule has 0 radical (unpaired) electrons. The predicted octanol–water partition coefficient (Wildman–Crippen LogP) is 0.601. The van der Waals surface area contributed by atoms with Gasteiger partial charge in [0.05, 0.1) is 12.1 Å². The molecule has 1 N–H and O–H groups in total. The topological polar surface area (TPSA) is 83.6 Å². The molecule has 1 atom stereocenters. The van der Waals surface area contributed by atoms with E-state index in [1.807, 2.05) is 0 Å². The highest BCUT2D eigenvalue weighted by Gasteiger charge is 2.34. The Bertz CT molecular complexity index is 440. The number of carboxylic acids is 1. The molecule has 1 saturated heterocycles. The number of amides is 1. The van der Waals surface area contributed by atoms with E-state index in [-0.39, 0.29) is 12.3 Å². The van der Waals surface area contributed by atoms with E-state index in [1.54, 1.807) is 13.0 Å². The van der Waals surface area contributed by atoms with Crippen LogP contribution in [0.1, 0.15) is 24.3 Å². The Balaban J connectivity index is 2.02. The largest absolute Gasteiger partial charge is 0.480 e. The molecule has 1 aromatic rings. The molecule has 1 aromatic heterocycles. The van der Waals surface area contributed by atoms with Crippen molar-refractivity contribution in [1.82, 2.24) is 10.1 Å². The van der Waals surface area contributed by atoms with Gasteiger partial charge < -0.3 is 14.5 Å². The van der Waals surface area contributed by atoms with Gasteiger partial charge in [-0.2, -0.15) is 0 Å². The van der Waals surface area contributed by atoms with Crippen molar-refractivity contribution in [3.8, 4) is 0 Å². The Morgan fingerprint density at radius 1 is 1.65 bits per heavy atom. The van der Waals surface area contributed by atoms with Crippen LogP contribution in [0.5, 0.6) is 0 Å². The van der Waals surface area contributed by atoms with Crippen molar-refractivity contribution in [3.05, 3.63) is 17.5 Å². The van der Waals surface area contributed by atoms with Crippen molar-refractivity contribution in [2.45, 2.75) is 32.2 Å². The molecule has 0 aromatic carbocycles. The number of nitrogens with zero attached hydrogens (tertiary/aromatic N) is 2. The zero-order valence-electron chi connectivity index (χ0n) is 9.55. The van der Waals surface area contributed by atoms with Gasteiger partial charge in [0.25, 0.3) is 0 Å². The van der Waals surface area contributed by atoms with Gasteiger partial charge in [0.1, 0.15) is 11.8 Å². The zero-order chi connectivity index (χ0) is 12.4. The molecule has 2 rings (SSSR count). The first-order valence-corrected chi connectivity index (χ1v) is 5.52. The minimum atomic E-state index is -0.940. The lowest BCUT2D eigenvalue weighted by Crippen LogP contribution is -2.41. The molecule has 0 bridgehead atoms. The second kappa shape index (κ2) is 4.57. The van der Waals surface area contributed by atoms with Crippen LogP contribution in [0.3, 0.4) is 0 Å². The third-order valence-corrected chi connectivity index (χ3v) is 2.86. The Hall–Kier alpha value is -1.85. The molecule has 0 saturated carbocycles. The van der Waals surface area contributed by atoms with E-state index in [0.717, 1.165) is 6.42 Å². The van der Waals surface area contributed by atoms with Gasteiger partial charge in [0.15, 0.2) is 0 Å². The molecule has 0 unspecified atom stereocenters. The molecule has 2 heterocycles. The lowest BCUT2D eigenvalue weighted by atomic mass is 10.2. The molecule has 0 spiro atoms. The van der Waals surface area contributed by atoms with Crippen LogP contribution in [0.25, 0.3) is 0 Å². The molecule has 6 heteroatoms. The Morgan fingerprint density at radius 3 is 3.00 bits per heavy atom. The minimum absolute atomic E-state index is 0.0740. The fourth-order valence-electron chi connectivity index (χ4n) is 2.07. The number of aliphatic carboxylic acids is 1. The van der Waals surface area contributed by atoms with Gasteiger partial charge in [-0.25, -0.2) is 4.79 Å². The highest BCUT2D eigenvalue weighted by Crippen LogP contribution is 2.19. The summed E-state index contributed by atoms with van der Waals surface area (Å²) in [7, 11) is 0. The standard InChI is InChI=1S/C11H14N2O4/c1-7-5-8(17-12-7)6-10(14)13-4-2-3-9(13)11(15)16/h5,9H,2-4,6H2,1H3,(H,15,16)/t9-/m0/s1. The SMILES string of the molecule is Cc1cc(CC(=O)N2CCC[C@H]2C(=O)O)on1. The van der Waals surface area contributed by atoms with Crippen LogP contribution in [0.15, 0.2) is 10.6 Å². The summed E-state index contributed by atoms with van der Waals surface area (Å²) < 4.78 is 4.95. The molecule has 6 nitrogen and oxygen atoms in total. The summed E-state index contributed by atoms with van der Waals surface area (Å²) in [5.74, 6) is -0.681. The van der Waals surface area contributed by atoms with E-state index >= 15 is 0 Å². The molecule has 1 fully saturated rings. The summed E-state index contributed by atoms with van der Waals surface area (Å²) in [4.78, 5) is 24.3. The average molecular weight is 238 g/mol.